The molecule has 14 heavy (non-hydrogen) atoms. The molecule has 0 fully saturated rings. The van der Waals surface area contributed by atoms with Gasteiger partial charge < -0.3 is 4.74 Å². The molecule has 1 rings (SSSR count). The van der Waals surface area contributed by atoms with Gasteiger partial charge in [-0.15, -0.1) is 0 Å². The highest BCUT2D eigenvalue weighted by Crippen LogP contribution is 2.27. The molecule has 0 N–H and O–H groups in total. The molecule has 1 aromatic heterocycles. The summed E-state index contributed by atoms with van der Waals surface area (Å²) < 4.78 is 5.06. The van der Waals surface area contributed by atoms with Crippen molar-refractivity contribution in [3.05, 3.63) is 18.1 Å². The molecule has 4 heteroatoms. The minimum Gasteiger partial charge on any atom is -0.481 e. The van der Waals surface area contributed by atoms with Gasteiger partial charge in [0.25, 0.3) is 0 Å². The lowest BCUT2D eigenvalue weighted by atomic mass is 9.99. The number of hydrogen-bond donors (Lipinski definition) is 0. The minimum absolute atomic E-state index is 0.409. The average Bonchev–Trinajstić information content (AvgIpc) is 2.19. The van der Waals surface area contributed by atoms with Crippen LogP contribution < -0.4 is 4.74 Å². The van der Waals surface area contributed by atoms with Gasteiger partial charge in [0, 0.05) is 16.8 Å². The maximum Gasteiger partial charge on any atom is 0.216 e. The molecular weight excluding hydrogens is 244 g/mol. The van der Waals surface area contributed by atoms with Crippen molar-refractivity contribution in [1.82, 2.24) is 9.97 Å². The second-order valence-corrected chi connectivity index (χ2v) is 4.62. The summed E-state index contributed by atoms with van der Waals surface area (Å²) in [5.74, 6) is 1.04. The van der Waals surface area contributed by atoms with Gasteiger partial charge in [-0.2, -0.15) is 0 Å². The van der Waals surface area contributed by atoms with E-state index in [0.29, 0.717) is 16.6 Å². The first-order valence-electron chi connectivity index (χ1n) is 4.69. The van der Waals surface area contributed by atoms with Crippen molar-refractivity contribution in [2.75, 3.05) is 7.11 Å². The predicted octanol–water partition coefficient (Wildman–Crippen LogP) is 2.76. The summed E-state index contributed by atoms with van der Waals surface area (Å²) in [6.07, 6.45) is 2.60. The van der Waals surface area contributed by atoms with Gasteiger partial charge in [-0.25, -0.2) is 9.97 Å². The van der Waals surface area contributed by atoms with E-state index in [1.807, 2.05) is 6.07 Å². The number of halogens is 1. The van der Waals surface area contributed by atoms with Gasteiger partial charge in [0.1, 0.15) is 6.33 Å². The second kappa shape index (κ2) is 5.29. The fourth-order valence-corrected chi connectivity index (χ4v) is 2.08. The van der Waals surface area contributed by atoms with E-state index in [2.05, 4.69) is 39.7 Å². The van der Waals surface area contributed by atoms with E-state index in [1.54, 1.807) is 13.4 Å². The molecule has 0 aliphatic rings. The summed E-state index contributed by atoms with van der Waals surface area (Å²) in [6, 6.07) is 1.89. The van der Waals surface area contributed by atoms with Crippen molar-refractivity contribution in [3.63, 3.8) is 0 Å². The normalized spacial score (nSPS) is 14.9. The number of aromatic nitrogens is 2. The number of nitrogens with zero attached hydrogens (tertiary/aromatic N) is 2. The molecular formula is C10H15BrN2O. The Kier molecular flexibility index (Phi) is 4.32. The van der Waals surface area contributed by atoms with E-state index < -0.39 is 0 Å². The molecule has 0 aliphatic carbocycles. The highest BCUT2D eigenvalue weighted by molar-refractivity contribution is 9.09. The standard InChI is InChI=1S/C10H15BrN2O/c1-4-8(7(2)11)9-5-10(14-3)13-6-12-9/h5-8H,4H2,1-3H3. The maximum absolute atomic E-state index is 5.06. The van der Waals surface area contributed by atoms with E-state index in [-0.39, 0.29) is 0 Å². The van der Waals surface area contributed by atoms with Gasteiger partial charge in [-0.05, 0) is 6.42 Å². The Morgan fingerprint density at radius 1 is 1.50 bits per heavy atom. The van der Waals surface area contributed by atoms with Crippen molar-refractivity contribution in [2.45, 2.75) is 31.0 Å². The Labute approximate surface area is 93.0 Å². The Balaban J connectivity index is 2.92. The molecule has 0 radical (unpaired) electrons. The van der Waals surface area contributed by atoms with Gasteiger partial charge in [-0.1, -0.05) is 29.8 Å². The summed E-state index contributed by atoms with van der Waals surface area (Å²) in [5, 5.41) is 0. The first-order chi connectivity index (χ1) is 6.69. The molecule has 0 aliphatic heterocycles. The van der Waals surface area contributed by atoms with Crippen LogP contribution in [0.5, 0.6) is 5.88 Å². The van der Waals surface area contributed by atoms with Crippen LogP contribution in [0.2, 0.25) is 0 Å². The zero-order chi connectivity index (χ0) is 10.6. The van der Waals surface area contributed by atoms with Crippen LogP contribution in [-0.4, -0.2) is 21.9 Å². The number of rotatable bonds is 4. The summed E-state index contributed by atoms with van der Waals surface area (Å²) >= 11 is 3.58. The number of hydrogen-bond acceptors (Lipinski definition) is 3. The largest absolute Gasteiger partial charge is 0.481 e. The van der Waals surface area contributed by atoms with Crippen LogP contribution in [0.15, 0.2) is 12.4 Å². The fourth-order valence-electron chi connectivity index (χ4n) is 1.44. The number of methoxy groups -OCH3 is 1. The quantitative estimate of drug-likeness (QED) is 0.780. The van der Waals surface area contributed by atoms with Gasteiger partial charge in [0.2, 0.25) is 5.88 Å². The molecule has 2 atom stereocenters. The lowest BCUT2D eigenvalue weighted by Gasteiger charge is -2.16. The first-order valence-corrected chi connectivity index (χ1v) is 5.60. The number of alkyl halides is 1. The van der Waals surface area contributed by atoms with Crippen LogP contribution in [0.4, 0.5) is 0 Å². The van der Waals surface area contributed by atoms with E-state index in [4.69, 9.17) is 4.74 Å². The molecule has 0 saturated heterocycles. The number of ether oxygens (including phenoxy) is 1. The van der Waals surface area contributed by atoms with E-state index in [9.17, 15) is 0 Å². The topological polar surface area (TPSA) is 35.0 Å². The lowest BCUT2D eigenvalue weighted by molar-refractivity contribution is 0.395. The zero-order valence-corrected chi connectivity index (χ0v) is 10.3. The lowest BCUT2D eigenvalue weighted by Crippen LogP contribution is -2.10. The van der Waals surface area contributed by atoms with E-state index in [1.165, 1.54) is 0 Å². The smallest absolute Gasteiger partial charge is 0.216 e. The third-order valence-corrected chi connectivity index (χ3v) is 2.88. The molecule has 3 nitrogen and oxygen atoms in total. The molecule has 0 spiro atoms. The van der Waals surface area contributed by atoms with Crippen molar-refractivity contribution in [1.29, 1.82) is 0 Å². The summed E-state index contributed by atoms with van der Waals surface area (Å²) in [5.41, 5.74) is 1.03. The van der Waals surface area contributed by atoms with Crippen LogP contribution in [0.1, 0.15) is 31.9 Å². The predicted molar refractivity (Wildman–Crippen MR) is 60.0 cm³/mol. The Bertz CT molecular complexity index is 291. The van der Waals surface area contributed by atoms with Crippen LogP contribution in [0.25, 0.3) is 0 Å². The third kappa shape index (κ3) is 2.67. The van der Waals surface area contributed by atoms with E-state index in [0.717, 1.165) is 12.1 Å². The Morgan fingerprint density at radius 2 is 2.21 bits per heavy atom. The summed E-state index contributed by atoms with van der Waals surface area (Å²) in [6.45, 7) is 4.28. The van der Waals surface area contributed by atoms with Gasteiger partial charge >= 0.3 is 0 Å². The van der Waals surface area contributed by atoms with Crippen molar-refractivity contribution < 1.29 is 4.74 Å². The SMILES string of the molecule is CCC(c1cc(OC)ncn1)C(C)Br. The Morgan fingerprint density at radius 3 is 2.71 bits per heavy atom. The second-order valence-electron chi connectivity index (χ2n) is 3.18. The fraction of sp³-hybridized carbons (Fsp3) is 0.600. The van der Waals surface area contributed by atoms with Crippen molar-refractivity contribution >= 4 is 15.9 Å². The van der Waals surface area contributed by atoms with Crippen LogP contribution >= 0.6 is 15.9 Å². The van der Waals surface area contributed by atoms with Crippen molar-refractivity contribution in [3.8, 4) is 5.88 Å². The first kappa shape index (κ1) is 11.4. The van der Waals surface area contributed by atoms with E-state index >= 15 is 0 Å². The molecule has 1 heterocycles. The molecule has 0 amide bonds. The van der Waals surface area contributed by atoms with Gasteiger partial charge in [0.15, 0.2) is 0 Å². The van der Waals surface area contributed by atoms with Crippen LogP contribution in [0.3, 0.4) is 0 Å². The molecule has 1 aromatic rings. The van der Waals surface area contributed by atoms with Gasteiger partial charge in [0.05, 0.1) is 12.8 Å². The third-order valence-electron chi connectivity index (χ3n) is 2.25. The minimum atomic E-state index is 0.409. The molecule has 0 bridgehead atoms. The van der Waals surface area contributed by atoms with Crippen LogP contribution in [0, 0.1) is 0 Å². The maximum atomic E-state index is 5.06. The molecule has 78 valence electrons. The van der Waals surface area contributed by atoms with Crippen LogP contribution in [-0.2, 0) is 0 Å². The highest BCUT2D eigenvalue weighted by Gasteiger charge is 2.16. The monoisotopic (exact) mass is 258 g/mol. The molecule has 0 aromatic carbocycles. The molecule has 2 unspecified atom stereocenters. The zero-order valence-electron chi connectivity index (χ0n) is 8.70. The van der Waals surface area contributed by atoms with Crippen molar-refractivity contribution in [2.24, 2.45) is 0 Å². The molecule has 0 saturated carbocycles. The Hall–Kier alpha value is -0.640. The highest BCUT2D eigenvalue weighted by atomic mass is 79.9. The average molecular weight is 259 g/mol. The summed E-state index contributed by atoms with van der Waals surface area (Å²) in [4.78, 5) is 8.65. The van der Waals surface area contributed by atoms with Gasteiger partial charge in [-0.3, -0.25) is 0 Å². The summed E-state index contributed by atoms with van der Waals surface area (Å²) in [7, 11) is 1.62.